The van der Waals surface area contributed by atoms with Crippen molar-refractivity contribution in [3.05, 3.63) is 59.8 Å². The second-order valence-corrected chi connectivity index (χ2v) is 4.88. The van der Waals surface area contributed by atoms with Gasteiger partial charge in [0.05, 0.1) is 6.04 Å². The van der Waals surface area contributed by atoms with Gasteiger partial charge >= 0.3 is 0 Å². The van der Waals surface area contributed by atoms with Crippen molar-refractivity contribution in [1.29, 1.82) is 0 Å². The summed E-state index contributed by atoms with van der Waals surface area (Å²) in [5.41, 5.74) is 1.50. The third-order valence-electron chi connectivity index (χ3n) is 3.07. The van der Waals surface area contributed by atoms with E-state index in [4.69, 9.17) is 0 Å². The molecule has 2 rings (SSSR count). The van der Waals surface area contributed by atoms with Crippen LogP contribution < -0.4 is 10.2 Å². The van der Waals surface area contributed by atoms with Gasteiger partial charge in [0.2, 0.25) is 0 Å². The summed E-state index contributed by atoms with van der Waals surface area (Å²) in [5, 5.41) is 2.96. The Balaban J connectivity index is 2.10. The van der Waals surface area contributed by atoms with Gasteiger partial charge in [-0.1, -0.05) is 36.4 Å². The van der Waals surface area contributed by atoms with Crippen LogP contribution in [0.1, 0.15) is 29.0 Å². The Labute approximate surface area is 119 Å². The van der Waals surface area contributed by atoms with E-state index in [2.05, 4.69) is 10.3 Å². The molecule has 104 valence electrons. The van der Waals surface area contributed by atoms with E-state index in [1.807, 2.05) is 68.4 Å². The van der Waals surface area contributed by atoms with Crippen LogP contribution in [-0.2, 0) is 0 Å². The van der Waals surface area contributed by atoms with Crippen molar-refractivity contribution in [2.24, 2.45) is 0 Å². The fourth-order valence-corrected chi connectivity index (χ4v) is 1.89. The lowest BCUT2D eigenvalue weighted by Crippen LogP contribution is -2.27. The van der Waals surface area contributed by atoms with Gasteiger partial charge in [0, 0.05) is 14.1 Å². The molecule has 0 aliphatic rings. The van der Waals surface area contributed by atoms with E-state index in [1.54, 1.807) is 6.07 Å². The van der Waals surface area contributed by atoms with E-state index in [-0.39, 0.29) is 11.9 Å². The number of amides is 1. The predicted octanol–water partition coefficient (Wildman–Crippen LogP) is 2.64. The third-order valence-corrected chi connectivity index (χ3v) is 3.07. The van der Waals surface area contributed by atoms with Gasteiger partial charge in [0.15, 0.2) is 0 Å². The summed E-state index contributed by atoms with van der Waals surface area (Å²) in [6.45, 7) is 1.96. The van der Waals surface area contributed by atoms with Gasteiger partial charge in [-0.15, -0.1) is 0 Å². The highest BCUT2D eigenvalue weighted by molar-refractivity contribution is 5.92. The minimum absolute atomic E-state index is 0.0477. The number of benzene rings is 1. The summed E-state index contributed by atoms with van der Waals surface area (Å²) in [4.78, 5) is 18.4. The lowest BCUT2D eigenvalue weighted by atomic mass is 10.1. The molecule has 0 fully saturated rings. The molecule has 1 aromatic carbocycles. The van der Waals surface area contributed by atoms with Crippen LogP contribution in [0.5, 0.6) is 0 Å². The average Bonchev–Trinajstić information content (AvgIpc) is 2.48. The molecule has 0 radical (unpaired) electrons. The molecule has 4 heteroatoms. The number of anilines is 1. The monoisotopic (exact) mass is 269 g/mol. The molecule has 0 aliphatic heterocycles. The molecule has 20 heavy (non-hydrogen) atoms. The second kappa shape index (κ2) is 6.19. The number of aromatic nitrogens is 1. The Kier molecular flexibility index (Phi) is 4.35. The Bertz CT molecular complexity index is 581. The van der Waals surface area contributed by atoms with Gasteiger partial charge in [0.25, 0.3) is 5.91 Å². The number of rotatable bonds is 4. The smallest absolute Gasteiger partial charge is 0.270 e. The summed E-state index contributed by atoms with van der Waals surface area (Å²) in [7, 11) is 3.80. The molecule has 2 aromatic rings. The van der Waals surface area contributed by atoms with E-state index >= 15 is 0 Å². The first kappa shape index (κ1) is 14.1. The van der Waals surface area contributed by atoms with Crippen LogP contribution in [0.15, 0.2) is 48.5 Å². The molecule has 1 aromatic heterocycles. The first-order valence-corrected chi connectivity index (χ1v) is 6.58. The maximum Gasteiger partial charge on any atom is 0.270 e. The van der Waals surface area contributed by atoms with E-state index in [0.717, 1.165) is 11.4 Å². The molecule has 1 heterocycles. The lowest BCUT2D eigenvalue weighted by molar-refractivity contribution is 0.0935. The number of hydrogen-bond acceptors (Lipinski definition) is 3. The molecule has 0 spiro atoms. The van der Waals surface area contributed by atoms with Gasteiger partial charge in [-0.05, 0) is 24.6 Å². The first-order chi connectivity index (χ1) is 9.58. The van der Waals surface area contributed by atoms with Crippen LogP contribution in [-0.4, -0.2) is 25.0 Å². The van der Waals surface area contributed by atoms with Gasteiger partial charge < -0.3 is 10.2 Å². The van der Waals surface area contributed by atoms with Gasteiger partial charge in [-0.2, -0.15) is 0 Å². The molecule has 1 atom stereocenters. The topological polar surface area (TPSA) is 45.2 Å². The Morgan fingerprint density at radius 3 is 2.45 bits per heavy atom. The minimum Gasteiger partial charge on any atom is -0.363 e. The zero-order chi connectivity index (χ0) is 14.5. The Hall–Kier alpha value is -2.36. The summed E-state index contributed by atoms with van der Waals surface area (Å²) in [5.74, 6) is 0.607. The zero-order valence-corrected chi connectivity index (χ0v) is 12.0. The van der Waals surface area contributed by atoms with Crippen LogP contribution in [0, 0.1) is 0 Å². The highest BCUT2D eigenvalue weighted by Gasteiger charge is 2.13. The number of carbonyl (C=O) groups is 1. The third kappa shape index (κ3) is 3.35. The van der Waals surface area contributed by atoms with Crippen molar-refractivity contribution in [2.75, 3.05) is 19.0 Å². The lowest BCUT2D eigenvalue weighted by Gasteiger charge is -2.15. The van der Waals surface area contributed by atoms with Crippen molar-refractivity contribution in [1.82, 2.24) is 10.3 Å². The Morgan fingerprint density at radius 1 is 1.10 bits per heavy atom. The van der Waals surface area contributed by atoms with E-state index < -0.39 is 0 Å². The number of nitrogens with one attached hydrogen (secondary N) is 1. The highest BCUT2D eigenvalue weighted by Crippen LogP contribution is 2.13. The average molecular weight is 269 g/mol. The van der Waals surface area contributed by atoms with E-state index in [1.165, 1.54) is 0 Å². The molecular weight excluding hydrogens is 250 g/mol. The van der Waals surface area contributed by atoms with Crippen LogP contribution in [0.2, 0.25) is 0 Å². The van der Waals surface area contributed by atoms with Crippen molar-refractivity contribution in [3.63, 3.8) is 0 Å². The van der Waals surface area contributed by atoms with Crippen LogP contribution in [0.4, 0.5) is 5.82 Å². The molecule has 0 aliphatic carbocycles. The molecule has 1 unspecified atom stereocenters. The summed E-state index contributed by atoms with van der Waals surface area (Å²) >= 11 is 0. The van der Waals surface area contributed by atoms with E-state index in [9.17, 15) is 4.79 Å². The first-order valence-electron chi connectivity index (χ1n) is 6.58. The fraction of sp³-hybridized carbons (Fsp3) is 0.250. The maximum atomic E-state index is 12.2. The van der Waals surface area contributed by atoms with Gasteiger partial charge in [0.1, 0.15) is 11.5 Å². The number of carbonyl (C=O) groups excluding carboxylic acids is 1. The van der Waals surface area contributed by atoms with Gasteiger partial charge in [-0.3, -0.25) is 4.79 Å². The second-order valence-electron chi connectivity index (χ2n) is 4.88. The van der Waals surface area contributed by atoms with Crippen LogP contribution in [0.3, 0.4) is 0 Å². The van der Waals surface area contributed by atoms with Gasteiger partial charge in [-0.25, -0.2) is 4.98 Å². The standard InChI is InChI=1S/C16H19N3O/c1-12(13-8-5-4-6-9-13)17-16(20)14-10-7-11-15(18-14)19(2)3/h4-12H,1-3H3,(H,17,20). The predicted molar refractivity (Wildman–Crippen MR) is 80.9 cm³/mol. The van der Waals surface area contributed by atoms with Crippen LogP contribution >= 0.6 is 0 Å². The van der Waals surface area contributed by atoms with E-state index in [0.29, 0.717) is 5.69 Å². The molecule has 1 amide bonds. The number of hydrogen-bond donors (Lipinski definition) is 1. The molecule has 0 bridgehead atoms. The molecular formula is C16H19N3O. The molecule has 4 nitrogen and oxygen atoms in total. The largest absolute Gasteiger partial charge is 0.363 e. The van der Waals surface area contributed by atoms with Crippen molar-refractivity contribution in [2.45, 2.75) is 13.0 Å². The maximum absolute atomic E-state index is 12.2. The van der Waals surface area contributed by atoms with Crippen LogP contribution in [0.25, 0.3) is 0 Å². The Morgan fingerprint density at radius 2 is 1.80 bits per heavy atom. The summed E-state index contributed by atoms with van der Waals surface area (Å²) in [6.07, 6.45) is 0. The summed E-state index contributed by atoms with van der Waals surface area (Å²) in [6, 6.07) is 15.3. The molecule has 0 saturated heterocycles. The molecule has 0 saturated carbocycles. The van der Waals surface area contributed by atoms with Crippen molar-refractivity contribution in [3.8, 4) is 0 Å². The van der Waals surface area contributed by atoms with Crippen molar-refractivity contribution >= 4 is 11.7 Å². The molecule has 1 N–H and O–H groups in total. The number of pyridine rings is 1. The number of nitrogens with zero attached hydrogens (tertiary/aromatic N) is 2. The normalized spacial score (nSPS) is 11.8. The highest BCUT2D eigenvalue weighted by atomic mass is 16.1. The fourth-order valence-electron chi connectivity index (χ4n) is 1.89. The van der Waals surface area contributed by atoms with Crippen molar-refractivity contribution < 1.29 is 4.79 Å². The SMILES string of the molecule is CC(NC(=O)c1cccc(N(C)C)n1)c1ccccc1. The zero-order valence-electron chi connectivity index (χ0n) is 12.0. The quantitative estimate of drug-likeness (QED) is 0.928. The summed E-state index contributed by atoms with van der Waals surface area (Å²) < 4.78 is 0. The minimum atomic E-state index is -0.162.